The highest BCUT2D eigenvalue weighted by Gasteiger charge is 2.37. The molecule has 0 spiro atoms. The zero-order valence-electron chi connectivity index (χ0n) is 12.4. The van der Waals surface area contributed by atoms with Gasteiger partial charge < -0.3 is 0 Å². The summed E-state index contributed by atoms with van der Waals surface area (Å²) in [5, 5.41) is 13.6. The van der Waals surface area contributed by atoms with E-state index in [1.807, 2.05) is 0 Å². The molecule has 0 aliphatic carbocycles. The van der Waals surface area contributed by atoms with E-state index in [0.717, 1.165) is 5.56 Å². The van der Waals surface area contributed by atoms with Crippen LogP contribution in [0, 0.1) is 10.1 Å². The molecule has 10 heteroatoms. The van der Waals surface area contributed by atoms with Crippen molar-refractivity contribution in [2.45, 2.75) is 12.5 Å². The molecule has 0 saturated carbocycles. The molecule has 2 atom stereocenters. The van der Waals surface area contributed by atoms with Gasteiger partial charge in [0.05, 0.1) is 11.0 Å². The molecule has 0 amide bonds. The first-order valence-electron chi connectivity index (χ1n) is 7.15. The maximum atomic E-state index is 13.0. The van der Waals surface area contributed by atoms with Gasteiger partial charge >= 0.3 is 7.67 Å². The van der Waals surface area contributed by atoms with Crippen molar-refractivity contribution in [3.05, 3.63) is 39.9 Å². The summed E-state index contributed by atoms with van der Waals surface area (Å²) in [5.41, 5.74) is 0.769. The topological polar surface area (TPSA) is 84.7 Å². The fourth-order valence-corrected chi connectivity index (χ4v) is 5.14. The summed E-state index contributed by atoms with van der Waals surface area (Å²) in [6, 6.07) is 6.10. The van der Waals surface area contributed by atoms with Crippen LogP contribution in [0.3, 0.4) is 0 Å². The van der Waals surface area contributed by atoms with E-state index in [9.17, 15) is 14.7 Å². The van der Waals surface area contributed by atoms with Crippen LogP contribution < -0.4 is 5.09 Å². The second-order valence-corrected chi connectivity index (χ2v) is 7.88. The van der Waals surface area contributed by atoms with Crippen LogP contribution in [-0.4, -0.2) is 41.0 Å². The van der Waals surface area contributed by atoms with E-state index in [4.69, 9.17) is 27.7 Å². The van der Waals surface area contributed by atoms with Gasteiger partial charge in [0.25, 0.3) is 5.69 Å². The lowest BCUT2D eigenvalue weighted by Crippen LogP contribution is -2.36. The molecule has 1 aromatic carbocycles. The number of alkyl halides is 2. The number of benzene rings is 1. The molecule has 128 valence electrons. The molecule has 0 unspecified atom stereocenters. The van der Waals surface area contributed by atoms with Crippen molar-refractivity contribution in [3.63, 3.8) is 0 Å². The Kier molecular flexibility index (Phi) is 6.83. The van der Waals surface area contributed by atoms with Gasteiger partial charge in [-0.2, -0.15) is 0 Å². The molecule has 1 heterocycles. The molecule has 0 bridgehead atoms. The average molecular weight is 382 g/mol. The van der Waals surface area contributed by atoms with Gasteiger partial charge in [-0.05, 0) is 24.1 Å². The molecule has 1 aliphatic rings. The number of nitro benzene ring substituents is 1. The molecule has 1 aromatic rings. The average Bonchev–Trinajstić information content (AvgIpc) is 2.55. The van der Waals surface area contributed by atoms with Crippen molar-refractivity contribution < 1.29 is 14.0 Å². The van der Waals surface area contributed by atoms with Gasteiger partial charge in [0.2, 0.25) is 0 Å². The van der Waals surface area contributed by atoms with Crippen molar-refractivity contribution in [1.29, 1.82) is 0 Å². The highest BCUT2D eigenvalue weighted by molar-refractivity contribution is 7.54. The van der Waals surface area contributed by atoms with Crippen LogP contribution in [0.1, 0.15) is 18.1 Å². The predicted molar refractivity (Wildman–Crippen MR) is 90.2 cm³/mol. The van der Waals surface area contributed by atoms with Gasteiger partial charge in [-0.1, -0.05) is 0 Å². The van der Waals surface area contributed by atoms with Gasteiger partial charge in [0.1, 0.15) is 0 Å². The number of hydrogen-bond acceptors (Lipinski definition) is 4. The zero-order valence-corrected chi connectivity index (χ0v) is 14.8. The van der Waals surface area contributed by atoms with Gasteiger partial charge in [0.15, 0.2) is 0 Å². The first-order chi connectivity index (χ1) is 11.0. The van der Waals surface area contributed by atoms with Crippen molar-refractivity contribution in [2.24, 2.45) is 0 Å². The monoisotopic (exact) mass is 381 g/mol. The fraction of sp³-hybridized carbons (Fsp3) is 0.538. The minimum absolute atomic E-state index is 0.0109. The number of hydrogen-bond donors (Lipinski definition) is 1. The van der Waals surface area contributed by atoms with E-state index in [1.54, 1.807) is 16.8 Å². The highest BCUT2D eigenvalue weighted by atomic mass is 35.5. The summed E-state index contributed by atoms with van der Waals surface area (Å²) >= 11 is 11.5. The maximum Gasteiger partial charge on any atom is 0.344 e. The fourth-order valence-electron chi connectivity index (χ4n) is 2.37. The van der Waals surface area contributed by atoms with Crippen LogP contribution in [0.2, 0.25) is 0 Å². The summed E-state index contributed by atoms with van der Waals surface area (Å²) in [7, 11) is -3.23. The van der Waals surface area contributed by atoms with Gasteiger partial charge in [0, 0.05) is 43.5 Å². The Morgan fingerprint density at radius 1 is 1.30 bits per heavy atom. The lowest BCUT2D eigenvalue weighted by Gasteiger charge is -2.37. The summed E-state index contributed by atoms with van der Waals surface area (Å²) in [5.74, 6) is 0.627. The van der Waals surface area contributed by atoms with E-state index >= 15 is 0 Å². The third-order valence-corrected chi connectivity index (χ3v) is 6.17. The van der Waals surface area contributed by atoms with E-state index < -0.39 is 18.7 Å². The van der Waals surface area contributed by atoms with Crippen LogP contribution in [0.15, 0.2) is 24.3 Å². The largest absolute Gasteiger partial charge is 0.344 e. The molecular formula is C13H18Cl2N3O4P. The molecule has 1 fully saturated rings. The van der Waals surface area contributed by atoms with E-state index in [0.29, 0.717) is 37.8 Å². The Morgan fingerprint density at radius 3 is 2.43 bits per heavy atom. The van der Waals surface area contributed by atoms with E-state index in [-0.39, 0.29) is 5.69 Å². The lowest BCUT2D eigenvalue weighted by molar-refractivity contribution is -0.384. The smallest absolute Gasteiger partial charge is 0.298 e. The van der Waals surface area contributed by atoms with Gasteiger partial charge in [-0.15, -0.1) is 23.2 Å². The van der Waals surface area contributed by atoms with Crippen LogP contribution in [0.4, 0.5) is 5.69 Å². The Balaban J connectivity index is 2.15. The molecule has 1 saturated heterocycles. The van der Waals surface area contributed by atoms with Crippen molar-refractivity contribution in [1.82, 2.24) is 9.76 Å². The third kappa shape index (κ3) is 4.66. The van der Waals surface area contributed by atoms with Crippen LogP contribution in [0.5, 0.6) is 0 Å². The van der Waals surface area contributed by atoms with Gasteiger partial charge in [-0.3, -0.25) is 19.2 Å². The Hall–Kier alpha value is -0.690. The highest BCUT2D eigenvalue weighted by Crippen LogP contribution is 2.53. The second kappa shape index (κ2) is 8.42. The maximum absolute atomic E-state index is 13.0. The summed E-state index contributed by atoms with van der Waals surface area (Å²) in [6.45, 7) is 1.30. The summed E-state index contributed by atoms with van der Waals surface area (Å²) in [4.78, 5) is 10.3. The van der Waals surface area contributed by atoms with E-state index in [1.165, 1.54) is 12.1 Å². The van der Waals surface area contributed by atoms with Crippen LogP contribution in [0.25, 0.3) is 0 Å². The van der Waals surface area contributed by atoms with E-state index in [2.05, 4.69) is 5.09 Å². The molecular weight excluding hydrogens is 364 g/mol. The molecule has 0 radical (unpaired) electrons. The normalized spacial score (nSPS) is 24.7. The Morgan fingerprint density at radius 2 is 1.91 bits per heavy atom. The molecule has 7 nitrogen and oxygen atoms in total. The minimum Gasteiger partial charge on any atom is -0.298 e. The zero-order chi connectivity index (χ0) is 16.9. The molecule has 23 heavy (non-hydrogen) atoms. The van der Waals surface area contributed by atoms with Crippen LogP contribution in [-0.2, 0) is 9.09 Å². The first kappa shape index (κ1) is 18.6. The number of nitro groups is 1. The quantitative estimate of drug-likeness (QED) is 0.336. The third-order valence-electron chi connectivity index (χ3n) is 3.52. The minimum atomic E-state index is -3.23. The number of rotatable bonds is 7. The standard InChI is InChI=1S/C13H18Cl2N3O4P/c14-6-9-17(10-7-15)23(21)16-8-5-13(22-23)11-1-3-12(4-2-11)18(19)20/h1-4,13H,5-10H2,(H,16,21)/t13-,23+/m0/s1. The molecule has 1 aliphatic heterocycles. The summed E-state index contributed by atoms with van der Waals surface area (Å²) < 4.78 is 20.5. The predicted octanol–water partition coefficient (Wildman–Crippen LogP) is 3.53. The number of nitrogens with one attached hydrogen (secondary N) is 1. The molecule has 2 rings (SSSR count). The Bertz CT molecular complexity index is 581. The molecule has 0 aromatic heterocycles. The van der Waals surface area contributed by atoms with Crippen molar-refractivity contribution in [2.75, 3.05) is 31.4 Å². The number of non-ortho nitro benzene ring substituents is 1. The first-order valence-corrected chi connectivity index (χ1v) is 9.80. The van der Waals surface area contributed by atoms with Crippen molar-refractivity contribution in [3.8, 4) is 0 Å². The van der Waals surface area contributed by atoms with Crippen molar-refractivity contribution >= 4 is 36.6 Å². The van der Waals surface area contributed by atoms with Gasteiger partial charge in [-0.25, -0.2) is 9.76 Å². The SMILES string of the molecule is O=[N+]([O-])c1ccc([C@@H]2CCN[P@](=O)(N(CCCl)CCCl)O2)cc1. The number of halogens is 2. The Labute approximate surface area is 144 Å². The lowest BCUT2D eigenvalue weighted by atomic mass is 10.1. The summed E-state index contributed by atoms with van der Waals surface area (Å²) in [6.07, 6.45) is 0.230. The second-order valence-electron chi connectivity index (χ2n) is 4.99. The molecule has 1 N–H and O–H groups in total. The number of nitrogens with zero attached hydrogens (tertiary/aromatic N) is 2. The van der Waals surface area contributed by atoms with Crippen LogP contribution >= 0.6 is 30.9 Å².